The van der Waals surface area contributed by atoms with Gasteiger partial charge in [-0.1, -0.05) is 13.8 Å². The van der Waals surface area contributed by atoms with Crippen molar-refractivity contribution >= 4 is 29.5 Å². The number of hydrogen-bond acceptors (Lipinski definition) is 6. The Morgan fingerprint density at radius 3 is 2.80 bits per heavy atom. The third-order valence-electron chi connectivity index (χ3n) is 3.81. The number of carbonyl (C=O) groups is 3. The Bertz CT molecular complexity index is 602. The minimum atomic E-state index is -0.721. The molecule has 1 N–H and O–H groups in total. The lowest BCUT2D eigenvalue weighted by molar-refractivity contribution is -0.156. The number of nitrogens with zero attached hydrogens (tertiary/aromatic N) is 1. The zero-order chi connectivity index (χ0) is 18.4. The number of hydrogen-bond donors (Lipinski definition) is 1. The average molecular weight is 368 g/mol. The number of rotatable bonds is 7. The van der Waals surface area contributed by atoms with Crippen LogP contribution in [0.15, 0.2) is 22.8 Å². The van der Waals surface area contributed by atoms with E-state index in [4.69, 9.17) is 9.15 Å². The van der Waals surface area contributed by atoms with E-state index in [1.807, 2.05) is 0 Å². The Morgan fingerprint density at radius 1 is 1.44 bits per heavy atom. The summed E-state index contributed by atoms with van der Waals surface area (Å²) in [5.74, 6) is 0.351. The van der Waals surface area contributed by atoms with Gasteiger partial charge in [0.1, 0.15) is 17.2 Å². The van der Waals surface area contributed by atoms with E-state index in [0.29, 0.717) is 24.0 Å². The van der Waals surface area contributed by atoms with Crippen LogP contribution in [0.1, 0.15) is 38.3 Å². The maximum atomic E-state index is 12.3. The van der Waals surface area contributed by atoms with Crippen molar-refractivity contribution in [1.29, 1.82) is 0 Å². The zero-order valence-electron chi connectivity index (χ0n) is 14.7. The van der Waals surface area contributed by atoms with Crippen LogP contribution >= 0.6 is 11.8 Å². The van der Waals surface area contributed by atoms with Crippen molar-refractivity contribution in [1.82, 2.24) is 10.2 Å². The standard InChI is InChI=1S/C17H24N2O5S/c1-11(2)6-7-18-15(21)9-24-17(22)13-10-25-16(19(13)12(3)20)14-5-4-8-23-14/h4-5,8,11,13,16H,6-7,9-10H2,1-3H3,(H,18,21)/t13-,16+/m1/s1. The summed E-state index contributed by atoms with van der Waals surface area (Å²) in [7, 11) is 0. The van der Waals surface area contributed by atoms with Crippen LogP contribution in [0, 0.1) is 5.92 Å². The van der Waals surface area contributed by atoms with Crippen LogP contribution in [0.3, 0.4) is 0 Å². The molecule has 138 valence electrons. The number of thioether (sulfide) groups is 1. The lowest BCUT2D eigenvalue weighted by atomic mass is 10.1. The van der Waals surface area contributed by atoms with Crippen molar-refractivity contribution in [3.8, 4) is 0 Å². The van der Waals surface area contributed by atoms with Gasteiger partial charge in [-0.05, 0) is 24.5 Å². The summed E-state index contributed by atoms with van der Waals surface area (Å²) in [6.45, 7) is 5.74. The van der Waals surface area contributed by atoms with Crippen molar-refractivity contribution in [3.05, 3.63) is 24.2 Å². The summed E-state index contributed by atoms with van der Waals surface area (Å²) in [6.07, 6.45) is 2.39. The summed E-state index contributed by atoms with van der Waals surface area (Å²) in [4.78, 5) is 37.5. The van der Waals surface area contributed by atoms with E-state index in [9.17, 15) is 14.4 Å². The topological polar surface area (TPSA) is 88.8 Å². The van der Waals surface area contributed by atoms with E-state index >= 15 is 0 Å². The predicted octanol–water partition coefficient (Wildman–Crippen LogP) is 1.95. The van der Waals surface area contributed by atoms with Gasteiger partial charge in [-0.25, -0.2) is 4.79 Å². The first-order valence-electron chi connectivity index (χ1n) is 8.27. The van der Waals surface area contributed by atoms with Gasteiger partial charge in [-0.2, -0.15) is 0 Å². The van der Waals surface area contributed by atoms with Crippen molar-refractivity contribution in [3.63, 3.8) is 0 Å². The van der Waals surface area contributed by atoms with Crippen LogP contribution in [0.25, 0.3) is 0 Å². The Morgan fingerprint density at radius 2 is 2.20 bits per heavy atom. The molecule has 0 unspecified atom stereocenters. The third kappa shape index (κ3) is 5.26. The summed E-state index contributed by atoms with van der Waals surface area (Å²) in [5.41, 5.74) is 0. The smallest absolute Gasteiger partial charge is 0.330 e. The van der Waals surface area contributed by atoms with E-state index in [-0.39, 0.29) is 23.8 Å². The maximum absolute atomic E-state index is 12.3. The van der Waals surface area contributed by atoms with Gasteiger partial charge in [0, 0.05) is 19.2 Å². The van der Waals surface area contributed by atoms with Gasteiger partial charge in [-0.3, -0.25) is 9.59 Å². The molecular weight excluding hydrogens is 344 g/mol. The molecule has 1 aromatic rings. The molecular formula is C17H24N2O5S. The molecule has 2 atom stereocenters. The second kappa shape index (κ2) is 8.94. The number of furan rings is 1. The Balaban J connectivity index is 1.88. The molecule has 7 nitrogen and oxygen atoms in total. The van der Waals surface area contributed by atoms with Crippen LogP contribution in [-0.2, 0) is 19.1 Å². The maximum Gasteiger partial charge on any atom is 0.330 e. The number of carbonyl (C=O) groups excluding carboxylic acids is 3. The Hall–Kier alpha value is -1.96. The third-order valence-corrected chi connectivity index (χ3v) is 5.10. The van der Waals surface area contributed by atoms with Gasteiger partial charge in [0.15, 0.2) is 6.61 Å². The van der Waals surface area contributed by atoms with Crippen molar-refractivity contribution in [2.75, 3.05) is 18.9 Å². The van der Waals surface area contributed by atoms with Crippen LogP contribution in [0.5, 0.6) is 0 Å². The molecule has 0 saturated carbocycles. The number of nitrogens with one attached hydrogen (secondary N) is 1. The normalized spacial score (nSPS) is 19.9. The average Bonchev–Trinajstić information content (AvgIpc) is 3.20. The lowest BCUT2D eigenvalue weighted by Gasteiger charge is -2.25. The van der Waals surface area contributed by atoms with Crippen molar-refractivity contribution in [2.24, 2.45) is 5.92 Å². The molecule has 0 aliphatic carbocycles. The highest BCUT2D eigenvalue weighted by molar-refractivity contribution is 7.99. The van der Waals surface area contributed by atoms with Gasteiger partial charge in [0.05, 0.1) is 6.26 Å². The van der Waals surface area contributed by atoms with E-state index in [1.165, 1.54) is 29.8 Å². The molecule has 2 heterocycles. The molecule has 2 amide bonds. The minimum absolute atomic E-state index is 0.241. The van der Waals surface area contributed by atoms with Crippen LogP contribution in [0.4, 0.5) is 0 Å². The first kappa shape index (κ1) is 19.4. The molecule has 0 aromatic carbocycles. The van der Waals surface area contributed by atoms with Crippen molar-refractivity contribution < 1.29 is 23.5 Å². The Labute approximate surface area is 151 Å². The molecule has 1 aliphatic heterocycles. The van der Waals surface area contributed by atoms with E-state index in [0.717, 1.165) is 6.42 Å². The molecule has 25 heavy (non-hydrogen) atoms. The summed E-state index contributed by atoms with van der Waals surface area (Å²) in [6, 6.07) is 2.78. The van der Waals surface area contributed by atoms with Crippen LogP contribution in [-0.4, -0.2) is 47.6 Å². The largest absolute Gasteiger partial charge is 0.466 e. The number of amides is 2. The number of esters is 1. The highest BCUT2D eigenvalue weighted by Crippen LogP contribution is 2.41. The van der Waals surface area contributed by atoms with E-state index in [2.05, 4.69) is 19.2 Å². The van der Waals surface area contributed by atoms with Gasteiger partial charge in [-0.15, -0.1) is 11.8 Å². The second-order valence-electron chi connectivity index (χ2n) is 6.28. The number of ether oxygens (including phenoxy) is 1. The molecule has 8 heteroatoms. The molecule has 0 spiro atoms. The van der Waals surface area contributed by atoms with E-state index in [1.54, 1.807) is 12.1 Å². The summed E-state index contributed by atoms with van der Waals surface area (Å²) in [5, 5.41) is 2.35. The first-order chi connectivity index (χ1) is 11.9. The van der Waals surface area contributed by atoms with Gasteiger partial charge < -0.3 is 19.4 Å². The monoisotopic (exact) mass is 368 g/mol. The fourth-order valence-corrected chi connectivity index (χ4v) is 3.92. The van der Waals surface area contributed by atoms with Gasteiger partial charge >= 0.3 is 5.97 Å². The second-order valence-corrected chi connectivity index (χ2v) is 7.40. The predicted molar refractivity (Wildman–Crippen MR) is 93.6 cm³/mol. The quantitative estimate of drug-likeness (QED) is 0.740. The SMILES string of the molecule is CC(=O)N1[C@@H](C(=O)OCC(=O)NCCC(C)C)CS[C@H]1c1ccco1. The molecule has 1 aliphatic rings. The Kier molecular flexibility index (Phi) is 6.92. The molecule has 0 radical (unpaired) electrons. The van der Waals surface area contributed by atoms with Gasteiger partial charge in [0.2, 0.25) is 5.91 Å². The fourth-order valence-electron chi connectivity index (χ4n) is 2.51. The summed E-state index contributed by atoms with van der Waals surface area (Å²) >= 11 is 1.43. The molecule has 0 bridgehead atoms. The first-order valence-corrected chi connectivity index (χ1v) is 9.32. The van der Waals surface area contributed by atoms with E-state index < -0.39 is 12.0 Å². The van der Waals surface area contributed by atoms with Crippen LogP contribution in [0.2, 0.25) is 0 Å². The van der Waals surface area contributed by atoms with Crippen molar-refractivity contribution in [2.45, 2.75) is 38.6 Å². The van der Waals surface area contributed by atoms with Gasteiger partial charge in [0.25, 0.3) is 5.91 Å². The zero-order valence-corrected chi connectivity index (χ0v) is 15.5. The lowest BCUT2D eigenvalue weighted by Crippen LogP contribution is -2.43. The highest BCUT2D eigenvalue weighted by Gasteiger charge is 2.43. The molecule has 1 fully saturated rings. The van der Waals surface area contributed by atoms with Crippen LogP contribution < -0.4 is 5.32 Å². The summed E-state index contributed by atoms with van der Waals surface area (Å²) < 4.78 is 10.5. The molecule has 1 saturated heterocycles. The molecule has 2 rings (SSSR count). The fraction of sp³-hybridized carbons (Fsp3) is 0.588. The molecule has 1 aromatic heterocycles. The highest BCUT2D eigenvalue weighted by atomic mass is 32.2. The minimum Gasteiger partial charge on any atom is -0.466 e.